The second kappa shape index (κ2) is 7.90. The van der Waals surface area contributed by atoms with Crippen molar-refractivity contribution in [3.8, 4) is 0 Å². The van der Waals surface area contributed by atoms with Crippen molar-refractivity contribution in [3.05, 3.63) is 40.4 Å². The van der Waals surface area contributed by atoms with Gasteiger partial charge in [0.2, 0.25) is 10.0 Å². The summed E-state index contributed by atoms with van der Waals surface area (Å²) in [7, 11) is -2.06. The maximum absolute atomic E-state index is 12.7. The van der Waals surface area contributed by atoms with E-state index in [1.54, 1.807) is 7.05 Å². The van der Waals surface area contributed by atoms with Gasteiger partial charge in [-0.25, -0.2) is 13.4 Å². The van der Waals surface area contributed by atoms with Crippen molar-refractivity contribution in [3.63, 3.8) is 0 Å². The fourth-order valence-electron chi connectivity index (χ4n) is 3.54. The number of carbonyl (C=O) groups excluding carboxylic acids is 1. The summed E-state index contributed by atoms with van der Waals surface area (Å²) >= 11 is 1.51. The highest BCUT2D eigenvalue weighted by atomic mass is 32.2. The first kappa shape index (κ1) is 19.5. The van der Waals surface area contributed by atoms with E-state index in [0.29, 0.717) is 23.8 Å². The number of amides is 1. The molecule has 1 atom stereocenters. The summed E-state index contributed by atoms with van der Waals surface area (Å²) in [4.78, 5) is 18.3. The molecule has 1 aliphatic carbocycles. The molecule has 2 aromatic rings. The number of sulfonamides is 1. The first-order valence-corrected chi connectivity index (χ1v) is 11.7. The smallest absolute Gasteiger partial charge is 0.257 e. The molecule has 150 valence electrons. The standard InChI is InChI=1S/C19H23N3O4S2/c1-22(12-14-4-3-11-26-14)28(24,25)15-9-7-13(8-10-15)18(23)21-19-20-16-5-2-6-17(16)27-19/h7-10,14H,2-6,11-12H2,1H3,(H,20,21,23). The third-order valence-electron chi connectivity index (χ3n) is 5.13. The Kier molecular flexibility index (Phi) is 5.50. The molecule has 1 aliphatic heterocycles. The van der Waals surface area contributed by atoms with Crippen LogP contribution in [0.25, 0.3) is 0 Å². The molecule has 0 bridgehead atoms. The number of benzene rings is 1. The summed E-state index contributed by atoms with van der Waals surface area (Å²) in [6.45, 7) is 1.02. The van der Waals surface area contributed by atoms with Crippen molar-refractivity contribution >= 4 is 32.4 Å². The summed E-state index contributed by atoms with van der Waals surface area (Å²) in [6, 6.07) is 6.00. The molecule has 7 nitrogen and oxygen atoms in total. The van der Waals surface area contributed by atoms with Gasteiger partial charge in [0.25, 0.3) is 5.91 Å². The number of carbonyl (C=O) groups is 1. The molecular weight excluding hydrogens is 398 g/mol. The zero-order valence-corrected chi connectivity index (χ0v) is 17.3. The molecule has 0 radical (unpaired) electrons. The van der Waals surface area contributed by atoms with Crippen LogP contribution in [-0.2, 0) is 27.6 Å². The Morgan fingerprint density at radius 3 is 2.75 bits per heavy atom. The van der Waals surface area contributed by atoms with Crippen molar-refractivity contribution < 1.29 is 17.9 Å². The van der Waals surface area contributed by atoms with Gasteiger partial charge in [-0.2, -0.15) is 4.31 Å². The fourth-order valence-corrected chi connectivity index (χ4v) is 5.79. The second-order valence-electron chi connectivity index (χ2n) is 7.14. The van der Waals surface area contributed by atoms with E-state index in [4.69, 9.17) is 4.74 Å². The van der Waals surface area contributed by atoms with Crippen LogP contribution in [0.4, 0.5) is 5.13 Å². The average Bonchev–Trinajstić information content (AvgIpc) is 3.39. The third-order valence-corrected chi connectivity index (χ3v) is 8.04. The van der Waals surface area contributed by atoms with E-state index in [2.05, 4.69) is 10.3 Å². The zero-order chi connectivity index (χ0) is 19.7. The minimum atomic E-state index is -3.61. The minimum absolute atomic E-state index is 0.0512. The van der Waals surface area contributed by atoms with Gasteiger partial charge in [0.15, 0.2) is 5.13 Å². The molecule has 1 aromatic carbocycles. The average molecular weight is 422 g/mol. The van der Waals surface area contributed by atoms with Crippen molar-refractivity contribution in [2.24, 2.45) is 0 Å². The molecule has 1 N–H and O–H groups in total. The first-order chi connectivity index (χ1) is 13.4. The molecular formula is C19H23N3O4S2. The van der Waals surface area contributed by atoms with Crippen LogP contribution in [-0.4, -0.2) is 49.9 Å². The molecule has 28 heavy (non-hydrogen) atoms. The number of fused-ring (bicyclic) bond motifs is 1. The van der Waals surface area contributed by atoms with Crippen LogP contribution >= 0.6 is 11.3 Å². The third kappa shape index (κ3) is 3.98. The Morgan fingerprint density at radius 2 is 2.07 bits per heavy atom. The van der Waals surface area contributed by atoms with Gasteiger partial charge in [0, 0.05) is 30.6 Å². The molecule has 1 unspecified atom stereocenters. The van der Waals surface area contributed by atoms with E-state index in [0.717, 1.165) is 37.8 Å². The lowest BCUT2D eigenvalue weighted by Crippen LogP contribution is -2.34. The summed E-state index contributed by atoms with van der Waals surface area (Å²) < 4.78 is 32.3. The molecule has 1 fully saturated rings. The highest BCUT2D eigenvalue weighted by molar-refractivity contribution is 7.89. The summed E-state index contributed by atoms with van der Waals surface area (Å²) in [6.07, 6.45) is 4.90. The van der Waals surface area contributed by atoms with E-state index in [1.165, 1.54) is 44.8 Å². The van der Waals surface area contributed by atoms with Crippen LogP contribution in [0.2, 0.25) is 0 Å². The number of nitrogens with one attached hydrogen (secondary N) is 1. The number of thiazole rings is 1. The van der Waals surface area contributed by atoms with Gasteiger partial charge in [-0.15, -0.1) is 11.3 Å². The number of hydrogen-bond donors (Lipinski definition) is 1. The van der Waals surface area contributed by atoms with E-state index >= 15 is 0 Å². The first-order valence-electron chi connectivity index (χ1n) is 9.41. The highest BCUT2D eigenvalue weighted by Crippen LogP contribution is 2.30. The summed E-state index contributed by atoms with van der Waals surface area (Å²) in [5, 5.41) is 3.41. The topological polar surface area (TPSA) is 88.6 Å². The number of aryl methyl sites for hydroxylation is 2. The van der Waals surface area contributed by atoms with Crippen molar-refractivity contribution in [2.45, 2.75) is 43.1 Å². The van der Waals surface area contributed by atoms with Crippen LogP contribution in [0.1, 0.15) is 40.2 Å². The lowest BCUT2D eigenvalue weighted by atomic mass is 10.2. The second-order valence-corrected chi connectivity index (χ2v) is 10.3. The molecule has 4 rings (SSSR count). The SMILES string of the molecule is CN(CC1CCCO1)S(=O)(=O)c1ccc(C(=O)Nc2nc3c(s2)CCC3)cc1. The van der Waals surface area contributed by atoms with Crippen molar-refractivity contribution in [1.29, 1.82) is 0 Å². The van der Waals surface area contributed by atoms with E-state index in [1.807, 2.05) is 0 Å². The van der Waals surface area contributed by atoms with Crippen LogP contribution in [0.15, 0.2) is 29.2 Å². The predicted octanol–water partition coefficient (Wildman–Crippen LogP) is 2.68. The Morgan fingerprint density at radius 1 is 1.29 bits per heavy atom. The molecule has 0 saturated carbocycles. The quantitative estimate of drug-likeness (QED) is 0.775. The van der Waals surface area contributed by atoms with E-state index in [9.17, 15) is 13.2 Å². The van der Waals surface area contributed by atoms with Gasteiger partial charge >= 0.3 is 0 Å². The summed E-state index contributed by atoms with van der Waals surface area (Å²) in [5.41, 5.74) is 1.48. The highest BCUT2D eigenvalue weighted by Gasteiger charge is 2.26. The Balaban J connectivity index is 1.42. The molecule has 1 saturated heterocycles. The molecule has 2 aliphatic rings. The zero-order valence-electron chi connectivity index (χ0n) is 15.7. The Labute approximate surface area is 168 Å². The van der Waals surface area contributed by atoms with Crippen LogP contribution in [0.5, 0.6) is 0 Å². The van der Waals surface area contributed by atoms with E-state index < -0.39 is 10.0 Å². The van der Waals surface area contributed by atoms with Gasteiger partial charge < -0.3 is 4.74 Å². The minimum Gasteiger partial charge on any atom is -0.377 e. The van der Waals surface area contributed by atoms with Gasteiger partial charge in [0.1, 0.15) is 0 Å². The molecule has 0 spiro atoms. The largest absolute Gasteiger partial charge is 0.377 e. The molecule has 1 aromatic heterocycles. The van der Waals surface area contributed by atoms with Crippen molar-refractivity contribution in [1.82, 2.24) is 9.29 Å². The van der Waals surface area contributed by atoms with Crippen LogP contribution in [0, 0.1) is 0 Å². The van der Waals surface area contributed by atoms with Gasteiger partial charge in [-0.1, -0.05) is 0 Å². The monoisotopic (exact) mass is 421 g/mol. The number of aromatic nitrogens is 1. The Hall–Kier alpha value is -1.81. The van der Waals surface area contributed by atoms with E-state index in [-0.39, 0.29) is 16.9 Å². The van der Waals surface area contributed by atoms with Gasteiger partial charge in [-0.05, 0) is 56.4 Å². The maximum Gasteiger partial charge on any atom is 0.257 e. The van der Waals surface area contributed by atoms with Crippen molar-refractivity contribution in [2.75, 3.05) is 25.5 Å². The molecule has 1 amide bonds. The number of ether oxygens (including phenoxy) is 1. The van der Waals surface area contributed by atoms with Crippen LogP contribution < -0.4 is 5.32 Å². The molecule has 9 heteroatoms. The fraction of sp³-hybridized carbons (Fsp3) is 0.474. The maximum atomic E-state index is 12.7. The number of anilines is 1. The number of rotatable bonds is 6. The lowest BCUT2D eigenvalue weighted by molar-refractivity contribution is 0.0979. The van der Waals surface area contributed by atoms with Crippen LogP contribution in [0.3, 0.4) is 0 Å². The normalized spacial score (nSPS) is 19.1. The number of likely N-dealkylation sites (N-methyl/N-ethyl adjacent to an activating group) is 1. The predicted molar refractivity (Wildman–Crippen MR) is 107 cm³/mol. The summed E-state index contributed by atoms with van der Waals surface area (Å²) in [5.74, 6) is -0.288. The molecule has 2 heterocycles. The Bertz CT molecular complexity index is 942. The van der Waals surface area contributed by atoms with Gasteiger partial charge in [-0.3, -0.25) is 10.1 Å². The number of hydrogen-bond acceptors (Lipinski definition) is 6. The number of nitrogens with zero attached hydrogens (tertiary/aromatic N) is 2. The van der Waals surface area contributed by atoms with Gasteiger partial charge in [0.05, 0.1) is 16.7 Å². The lowest BCUT2D eigenvalue weighted by Gasteiger charge is -2.20.